The van der Waals surface area contributed by atoms with Crippen molar-refractivity contribution >= 4 is 40.2 Å². The minimum absolute atomic E-state index is 0.0168. The van der Waals surface area contributed by atoms with Crippen LogP contribution in [0.25, 0.3) is 10.9 Å². The number of amides is 1. The summed E-state index contributed by atoms with van der Waals surface area (Å²) in [7, 11) is 0. The fourth-order valence-electron chi connectivity index (χ4n) is 3.45. The van der Waals surface area contributed by atoms with Crippen LogP contribution in [0.4, 0.5) is 17.6 Å². The van der Waals surface area contributed by atoms with Crippen molar-refractivity contribution in [2.24, 2.45) is 0 Å². The SMILES string of the molecule is CCC(C(=O)N[C@@H](CC(=O)O)C(=O)COc1c(F)c(F)cc(F)c1F)n1cnc2ccc(Cl)cc2c1=O. The van der Waals surface area contributed by atoms with Gasteiger partial charge in [0, 0.05) is 11.1 Å². The topological polar surface area (TPSA) is 128 Å². The summed E-state index contributed by atoms with van der Waals surface area (Å²) < 4.78 is 59.9. The summed E-state index contributed by atoms with van der Waals surface area (Å²) in [5.74, 6) is -12.5. The van der Waals surface area contributed by atoms with E-state index in [4.69, 9.17) is 16.7 Å². The van der Waals surface area contributed by atoms with E-state index in [9.17, 15) is 36.7 Å². The molecule has 196 valence electrons. The quantitative estimate of drug-likeness (QED) is 0.297. The zero-order valence-electron chi connectivity index (χ0n) is 18.9. The first-order chi connectivity index (χ1) is 17.4. The molecule has 3 aromatic rings. The first kappa shape index (κ1) is 27.6. The molecule has 3 rings (SSSR count). The highest BCUT2D eigenvalue weighted by molar-refractivity contribution is 6.31. The molecule has 0 radical (unpaired) electrons. The van der Waals surface area contributed by atoms with Crippen LogP contribution < -0.4 is 15.6 Å². The second-order valence-corrected chi connectivity index (χ2v) is 8.19. The summed E-state index contributed by atoms with van der Waals surface area (Å²) in [4.78, 5) is 53.8. The third kappa shape index (κ3) is 6.05. The van der Waals surface area contributed by atoms with Crippen LogP contribution in [0.5, 0.6) is 5.75 Å². The van der Waals surface area contributed by atoms with Gasteiger partial charge in [-0.15, -0.1) is 0 Å². The van der Waals surface area contributed by atoms with Gasteiger partial charge in [0.1, 0.15) is 18.7 Å². The maximum atomic E-state index is 13.8. The molecule has 2 atom stereocenters. The molecule has 1 amide bonds. The van der Waals surface area contributed by atoms with Crippen LogP contribution >= 0.6 is 11.6 Å². The molecule has 2 N–H and O–H groups in total. The number of halogens is 5. The number of carbonyl (C=O) groups is 3. The van der Waals surface area contributed by atoms with Gasteiger partial charge in [-0.05, 0) is 24.6 Å². The van der Waals surface area contributed by atoms with E-state index in [1.165, 1.54) is 18.2 Å². The summed E-state index contributed by atoms with van der Waals surface area (Å²) in [5.41, 5.74) is -0.316. The molecule has 1 aromatic heterocycles. The second-order valence-electron chi connectivity index (χ2n) is 7.75. The molecule has 0 aliphatic carbocycles. The van der Waals surface area contributed by atoms with Crippen LogP contribution in [-0.4, -0.2) is 45.0 Å². The monoisotopic (exact) mass is 543 g/mol. The van der Waals surface area contributed by atoms with Gasteiger partial charge in [-0.2, -0.15) is 8.78 Å². The van der Waals surface area contributed by atoms with Gasteiger partial charge >= 0.3 is 5.97 Å². The number of carbonyl (C=O) groups excluding carboxylic acids is 2. The van der Waals surface area contributed by atoms with Gasteiger partial charge in [-0.25, -0.2) is 13.8 Å². The van der Waals surface area contributed by atoms with Crippen molar-refractivity contribution in [1.29, 1.82) is 0 Å². The Labute approximate surface area is 210 Å². The molecular formula is C23H18ClF4N3O6. The van der Waals surface area contributed by atoms with Crippen LogP contribution in [-0.2, 0) is 14.4 Å². The van der Waals surface area contributed by atoms with Gasteiger partial charge in [0.05, 0.1) is 23.7 Å². The van der Waals surface area contributed by atoms with Gasteiger partial charge < -0.3 is 15.2 Å². The van der Waals surface area contributed by atoms with E-state index in [0.29, 0.717) is 5.52 Å². The Kier molecular flexibility index (Phi) is 8.48. The Bertz CT molecular complexity index is 1420. The van der Waals surface area contributed by atoms with Crippen LogP contribution in [0.3, 0.4) is 0 Å². The zero-order chi connectivity index (χ0) is 27.4. The molecule has 1 heterocycles. The second kappa shape index (κ2) is 11.4. The first-order valence-electron chi connectivity index (χ1n) is 10.6. The molecule has 0 spiro atoms. The van der Waals surface area contributed by atoms with E-state index >= 15 is 0 Å². The molecule has 1 unspecified atom stereocenters. The largest absolute Gasteiger partial charge is 0.481 e. The lowest BCUT2D eigenvalue weighted by Crippen LogP contribution is -2.48. The van der Waals surface area contributed by atoms with Crippen LogP contribution in [0, 0.1) is 23.3 Å². The van der Waals surface area contributed by atoms with Gasteiger partial charge in [0.25, 0.3) is 5.56 Å². The number of hydrogen-bond donors (Lipinski definition) is 2. The fourth-order valence-corrected chi connectivity index (χ4v) is 3.62. The lowest BCUT2D eigenvalue weighted by atomic mass is 10.1. The number of fused-ring (bicyclic) bond motifs is 1. The highest BCUT2D eigenvalue weighted by Gasteiger charge is 2.30. The molecule has 0 saturated heterocycles. The molecule has 0 saturated carbocycles. The summed E-state index contributed by atoms with van der Waals surface area (Å²) in [5, 5.41) is 11.7. The summed E-state index contributed by atoms with van der Waals surface area (Å²) >= 11 is 5.93. The fraction of sp³-hybridized carbons (Fsp3) is 0.261. The number of carboxylic acid groups (broad SMARTS) is 1. The molecule has 37 heavy (non-hydrogen) atoms. The number of ketones is 1. The van der Waals surface area contributed by atoms with Crippen molar-refractivity contribution in [3.63, 3.8) is 0 Å². The van der Waals surface area contributed by atoms with E-state index in [1.807, 2.05) is 0 Å². The number of ether oxygens (including phenoxy) is 1. The molecular weight excluding hydrogens is 526 g/mol. The Morgan fingerprint density at radius 1 is 1.14 bits per heavy atom. The molecule has 2 aromatic carbocycles. The summed E-state index contributed by atoms with van der Waals surface area (Å²) in [6, 6.07) is 1.31. The molecule has 0 fully saturated rings. The van der Waals surface area contributed by atoms with E-state index in [1.54, 1.807) is 6.92 Å². The molecule has 0 aliphatic heterocycles. The highest BCUT2D eigenvalue weighted by atomic mass is 35.5. The number of nitrogens with one attached hydrogen (secondary N) is 1. The minimum atomic E-state index is -1.90. The summed E-state index contributed by atoms with van der Waals surface area (Å²) in [6.45, 7) is 0.307. The van der Waals surface area contributed by atoms with E-state index in [2.05, 4.69) is 15.0 Å². The number of Topliss-reactive ketones (excluding diaryl/α,β-unsaturated/α-hetero) is 1. The van der Waals surface area contributed by atoms with Crippen molar-refractivity contribution in [3.05, 3.63) is 69.2 Å². The van der Waals surface area contributed by atoms with Gasteiger partial charge in [-0.1, -0.05) is 18.5 Å². The number of hydrogen-bond acceptors (Lipinski definition) is 6. The van der Waals surface area contributed by atoms with Crippen LogP contribution in [0.15, 0.2) is 35.4 Å². The number of rotatable bonds is 10. The average molecular weight is 544 g/mol. The number of benzene rings is 2. The van der Waals surface area contributed by atoms with Crippen molar-refractivity contribution < 1.29 is 41.8 Å². The predicted molar refractivity (Wildman–Crippen MR) is 121 cm³/mol. The standard InChI is InChI=1S/C23H18ClF4N3O6/c1-2-16(31-9-29-14-4-3-10(24)5-11(14)23(31)36)22(35)30-15(7-18(33)34)17(32)8-37-21-19(27)12(25)6-13(26)20(21)28/h3-6,9,15-16H,2,7-8H2,1H3,(H,30,35)(H,33,34)/t15-,16?/m0/s1. The number of nitrogens with zero attached hydrogens (tertiary/aromatic N) is 2. The number of carboxylic acids is 1. The molecule has 0 aliphatic rings. The van der Waals surface area contributed by atoms with Gasteiger partial charge in [0.15, 0.2) is 23.2 Å². The van der Waals surface area contributed by atoms with Crippen LogP contribution in [0.1, 0.15) is 25.8 Å². The summed E-state index contributed by atoms with van der Waals surface area (Å²) in [6.07, 6.45) is 0.157. The lowest BCUT2D eigenvalue weighted by Gasteiger charge is -2.22. The molecule has 14 heteroatoms. The maximum absolute atomic E-state index is 13.8. The third-order valence-electron chi connectivity index (χ3n) is 5.28. The van der Waals surface area contributed by atoms with E-state index < -0.39 is 77.3 Å². The first-order valence-corrected chi connectivity index (χ1v) is 11.0. The predicted octanol–water partition coefficient (Wildman–Crippen LogP) is 3.17. The number of aromatic nitrogens is 2. The Morgan fingerprint density at radius 3 is 2.38 bits per heavy atom. The molecule has 9 nitrogen and oxygen atoms in total. The van der Waals surface area contributed by atoms with Crippen molar-refractivity contribution in [2.75, 3.05) is 6.61 Å². The smallest absolute Gasteiger partial charge is 0.305 e. The van der Waals surface area contributed by atoms with E-state index in [0.717, 1.165) is 10.9 Å². The Hall–Kier alpha value is -4.00. The lowest BCUT2D eigenvalue weighted by molar-refractivity contribution is -0.140. The Balaban J connectivity index is 1.84. The minimum Gasteiger partial charge on any atom is -0.481 e. The average Bonchev–Trinajstić information content (AvgIpc) is 2.84. The van der Waals surface area contributed by atoms with Crippen molar-refractivity contribution in [1.82, 2.24) is 14.9 Å². The zero-order valence-corrected chi connectivity index (χ0v) is 19.7. The Morgan fingerprint density at radius 2 is 1.78 bits per heavy atom. The van der Waals surface area contributed by atoms with Gasteiger partial charge in [-0.3, -0.25) is 23.7 Å². The van der Waals surface area contributed by atoms with Gasteiger partial charge in [0.2, 0.25) is 17.5 Å². The third-order valence-corrected chi connectivity index (χ3v) is 5.52. The van der Waals surface area contributed by atoms with E-state index in [-0.39, 0.29) is 22.9 Å². The molecule has 0 bridgehead atoms. The normalized spacial score (nSPS) is 12.7. The van der Waals surface area contributed by atoms with Crippen molar-refractivity contribution in [2.45, 2.75) is 31.8 Å². The maximum Gasteiger partial charge on any atom is 0.305 e. The highest BCUT2D eigenvalue weighted by Crippen LogP contribution is 2.26. The van der Waals surface area contributed by atoms with Crippen molar-refractivity contribution in [3.8, 4) is 5.75 Å². The number of aliphatic carboxylic acids is 1. The van der Waals surface area contributed by atoms with Crippen LogP contribution in [0.2, 0.25) is 5.02 Å².